The van der Waals surface area contributed by atoms with Crippen molar-refractivity contribution in [1.82, 2.24) is 10.2 Å². The first-order valence-corrected chi connectivity index (χ1v) is 7.30. The Kier molecular flexibility index (Phi) is 5.23. The first kappa shape index (κ1) is 14.4. The lowest BCUT2D eigenvalue weighted by molar-refractivity contribution is 0.192. The lowest BCUT2D eigenvalue weighted by atomic mass is 10.1. The van der Waals surface area contributed by atoms with Gasteiger partial charge in [-0.3, -0.25) is 4.90 Å². The highest BCUT2D eigenvalue weighted by molar-refractivity contribution is 5.33. The molecule has 1 atom stereocenters. The van der Waals surface area contributed by atoms with Crippen molar-refractivity contribution in [2.75, 3.05) is 20.2 Å². The lowest BCUT2D eigenvalue weighted by Crippen LogP contribution is -2.40. The summed E-state index contributed by atoms with van der Waals surface area (Å²) in [6.07, 6.45) is 2.61. The average Bonchev–Trinajstić information content (AvgIpc) is 2.91. The molecule has 0 bridgehead atoms. The molecule has 106 valence electrons. The van der Waals surface area contributed by atoms with Crippen LogP contribution in [0.25, 0.3) is 0 Å². The Bertz CT molecular complexity index is 386. The second kappa shape index (κ2) is 6.92. The van der Waals surface area contributed by atoms with Crippen LogP contribution < -0.4 is 10.1 Å². The van der Waals surface area contributed by atoms with E-state index in [-0.39, 0.29) is 0 Å². The second-order valence-electron chi connectivity index (χ2n) is 5.63. The minimum absolute atomic E-state index is 0.548. The molecule has 0 aliphatic carbocycles. The lowest BCUT2D eigenvalue weighted by Gasteiger charge is -2.29. The van der Waals surface area contributed by atoms with E-state index < -0.39 is 0 Å². The first-order valence-electron chi connectivity index (χ1n) is 7.30. The van der Waals surface area contributed by atoms with Crippen LogP contribution in [0, 0.1) is 0 Å². The van der Waals surface area contributed by atoms with Crippen LogP contribution in [0.3, 0.4) is 0 Å². The number of benzene rings is 1. The number of para-hydroxylation sites is 1. The third-order valence-electron chi connectivity index (χ3n) is 3.91. The number of hydrogen-bond donors (Lipinski definition) is 1. The molecular formula is C16H26N2O. The molecule has 1 aliphatic heterocycles. The number of nitrogens with one attached hydrogen (secondary N) is 1. The van der Waals surface area contributed by atoms with E-state index in [2.05, 4.69) is 36.2 Å². The molecule has 1 heterocycles. The summed E-state index contributed by atoms with van der Waals surface area (Å²) in [7, 11) is 1.75. The summed E-state index contributed by atoms with van der Waals surface area (Å²) in [5.74, 6) is 0.993. The van der Waals surface area contributed by atoms with Crippen LogP contribution in [0.4, 0.5) is 0 Å². The topological polar surface area (TPSA) is 24.5 Å². The van der Waals surface area contributed by atoms with Gasteiger partial charge in [0.15, 0.2) is 0 Å². The summed E-state index contributed by atoms with van der Waals surface area (Å²) in [4.78, 5) is 2.53. The number of nitrogens with zero attached hydrogens (tertiary/aromatic N) is 1. The van der Waals surface area contributed by atoms with Crippen molar-refractivity contribution < 1.29 is 4.74 Å². The molecule has 1 N–H and O–H groups in total. The fourth-order valence-corrected chi connectivity index (χ4v) is 2.71. The van der Waals surface area contributed by atoms with Crippen LogP contribution in [-0.2, 0) is 6.54 Å². The fraction of sp³-hybridized carbons (Fsp3) is 0.625. The standard InChI is InChI=1S/C16H26N2O/c1-13(2)18(12-15-8-6-10-17-15)11-14-7-4-5-9-16(14)19-3/h4-5,7,9,13,15,17H,6,8,10-12H2,1-3H3. The Morgan fingerprint density at radius 3 is 2.79 bits per heavy atom. The molecule has 0 saturated carbocycles. The van der Waals surface area contributed by atoms with Gasteiger partial charge in [0.2, 0.25) is 0 Å². The molecule has 19 heavy (non-hydrogen) atoms. The quantitative estimate of drug-likeness (QED) is 0.853. The summed E-state index contributed by atoms with van der Waals surface area (Å²) in [5, 5.41) is 3.58. The maximum absolute atomic E-state index is 5.45. The molecule has 1 aromatic rings. The zero-order valence-electron chi connectivity index (χ0n) is 12.4. The SMILES string of the molecule is COc1ccccc1CN(CC1CCCN1)C(C)C. The minimum atomic E-state index is 0.548. The molecule has 0 spiro atoms. The second-order valence-corrected chi connectivity index (χ2v) is 5.63. The molecule has 1 saturated heterocycles. The average molecular weight is 262 g/mol. The van der Waals surface area contributed by atoms with E-state index in [0.717, 1.165) is 18.8 Å². The fourth-order valence-electron chi connectivity index (χ4n) is 2.71. The zero-order valence-corrected chi connectivity index (χ0v) is 12.4. The Balaban J connectivity index is 2.02. The predicted molar refractivity (Wildman–Crippen MR) is 79.6 cm³/mol. The normalized spacial score (nSPS) is 19.3. The first-order chi connectivity index (χ1) is 9.20. The van der Waals surface area contributed by atoms with Gasteiger partial charge >= 0.3 is 0 Å². The van der Waals surface area contributed by atoms with Crippen LogP contribution in [0.1, 0.15) is 32.3 Å². The van der Waals surface area contributed by atoms with E-state index in [9.17, 15) is 0 Å². The minimum Gasteiger partial charge on any atom is -0.496 e. The predicted octanol–water partition coefficient (Wildman–Crippen LogP) is 2.66. The van der Waals surface area contributed by atoms with Gasteiger partial charge < -0.3 is 10.1 Å². The van der Waals surface area contributed by atoms with E-state index in [1.54, 1.807) is 7.11 Å². The van der Waals surface area contributed by atoms with Gasteiger partial charge in [-0.1, -0.05) is 18.2 Å². The molecule has 0 amide bonds. The van der Waals surface area contributed by atoms with Gasteiger partial charge in [-0.2, -0.15) is 0 Å². The molecule has 1 aliphatic rings. The largest absolute Gasteiger partial charge is 0.496 e. The number of ether oxygens (including phenoxy) is 1. The van der Waals surface area contributed by atoms with E-state index in [4.69, 9.17) is 4.74 Å². The highest BCUT2D eigenvalue weighted by Crippen LogP contribution is 2.21. The van der Waals surface area contributed by atoms with Crippen LogP contribution in [-0.4, -0.2) is 37.2 Å². The number of methoxy groups -OCH3 is 1. The molecule has 3 heteroatoms. The Labute approximate surface area is 116 Å². The van der Waals surface area contributed by atoms with Crippen LogP contribution in [0.5, 0.6) is 5.75 Å². The molecule has 1 fully saturated rings. The van der Waals surface area contributed by atoms with Gasteiger partial charge in [0.05, 0.1) is 7.11 Å². The summed E-state index contributed by atoms with van der Waals surface area (Å²) in [6.45, 7) is 7.79. The highest BCUT2D eigenvalue weighted by Gasteiger charge is 2.20. The monoisotopic (exact) mass is 262 g/mol. The van der Waals surface area contributed by atoms with Gasteiger partial charge in [0.25, 0.3) is 0 Å². The highest BCUT2D eigenvalue weighted by atomic mass is 16.5. The Morgan fingerprint density at radius 1 is 1.37 bits per heavy atom. The number of rotatable bonds is 6. The Hall–Kier alpha value is -1.06. The number of hydrogen-bond acceptors (Lipinski definition) is 3. The van der Waals surface area contributed by atoms with Crippen LogP contribution in [0.15, 0.2) is 24.3 Å². The van der Waals surface area contributed by atoms with Gasteiger partial charge in [-0.05, 0) is 39.3 Å². The zero-order chi connectivity index (χ0) is 13.7. The van der Waals surface area contributed by atoms with Gasteiger partial charge in [0, 0.05) is 30.7 Å². The van der Waals surface area contributed by atoms with E-state index in [1.807, 2.05) is 12.1 Å². The maximum atomic E-state index is 5.45. The molecule has 1 unspecified atom stereocenters. The van der Waals surface area contributed by atoms with Crippen LogP contribution in [0.2, 0.25) is 0 Å². The van der Waals surface area contributed by atoms with E-state index in [1.165, 1.54) is 24.9 Å². The molecule has 3 nitrogen and oxygen atoms in total. The molecular weight excluding hydrogens is 236 g/mol. The van der Waals surface area contributed by atoms with Crippen molar-refractivity contribution in [3.63, 3.8) is 0 Å². The Morgan fingerprint density at radius 2 is 2.16 bits per heavy atom. The van der Waals surface area contributed by atoms with Crippen molar-refractivity contribution in [2.24, 2.45) is 0 Å². The maximum Gasteiger partial charge on any atom is 0.123 e. The van der Waals surface area contributed by atoms with Crippen molar-refractivity contribution in [3.8, 4) is 5.75 Å². The van der Waals surface area contributed by atoms with E-state index >= 15 is 0 Å². The third-order valence-corrected chi connectivity index (χ3v) is 3.91. The van der Waals surface area contributed by atoms with Crippen molar-refractivity contribution in [3.05, 3.63) is 29.8 Å². The smallest absolute Gasteiger partial charge is 0.123 e. The van der Waals surface area contributed by atoms with Gasteiger partial charge in [-0.15, -0.1) is 0 Å². The van der Waals surface area contributed by atoms with Crippen molar-refractivity contribution in [2.45, 2.75) is 45.3 Å². The van der Waals surface area contributed by atoms with Crippen molar-refractivity contribution >= 4 is 0 Å². The van der Waals surface area contributed by atoms with E-state index in [0.29, 0.717) is 12.1 Å². The summed E-state index contributed by atoms with van der Waals surface area (Å²) >= 11 is 0. The third kappa shape index (κ3) is 3.95. The van der Waals surface area contributed by atoms with Crippen molar-refractivity contribution in [1.29, 1.82) is 0 Å². The molecule has 1 aromatic carbocycles. The molecule has 2 rings (SSSR count). The molecule has 0 radical (unpaired) electrons. The molecule has 0 aromatic heterocycles. The summed E-state index contributed by atoms with van der Waals surface area (Å²) in [6, 6.07) is 9.52. The summed E-state index contributed by atoms with van der Waals surface area (Å²) in [5.41, 5.74) is 1.27. The van der Waals surface area contributed by atoms with Crippen LogP contribution >= 0.6 is 0 Å². The van der Waals surface area contributed by atoms with Gasteiger partial charge in [-0.25, -0.2) is 0 Å². The summed E-state index contributed by atoms with van der Waals surface area (Å²) < 4.78 is 5.45. The van der Waals surface area contributed by atoms with Gasteiger partial charge in [0.1, 0.15) is 5.75 Å².